The highest BCUT2D eigenvalue weighted by Gasteiger charge is 2.19. The first kappa shape index (κ1) is 14.2. The molecule has 0 saturated heterocycles. The Hall–Kier alpha value is -1.26. The summed E-state index contributed by atoms with van der Waals surface area (Å²) in [5.41, 5.74) is 3.23. The molecule has 0 bridgehead atoms. The molecule has 0 radical (unpaired) electrons. The first-order chi connectivity index (χ1) is 9.02. The van der Waals surface area contributed by atoms with Gasteiger partial charge in [0.15, 0.2) is 0 Å². The van der Waals surface area contributed by atoms with Crippen molar-refractivity contribution in [3.05, 3.63) is 40.1 Å². The molecular formula is C14H20ClN3O. The van der Waals surface area contributed by atoms with Gasteiger partial charge in [-0.15, -0.1) is 0 Å². The van der Waals surface area contributed by atoms with Gasteiger partial charge in [0.2, 0.25) is 0 Å². The zero-order valence-electron chi connectivity index (χ0n) is 11.8. The monoisotopic (exact) mass is 281 g/mol. The number of aromatic nitrogens is 2. The Morgan fingerprint density at radius 3 is 2.68 bits per heavy atom. The van der Waals surface area contributed by atoms with Crippen LogP contribution in [-0.4, -0.2) is 16.3 Å². The summed E-state index contributed by atoms with van der Waals surface area (Å²) in [7, 11) is 1.86. The largest absolute Gasteiger partial charge is 0.469 e. The fourth-order valence-electron chi connectivity index (χ4n) is 2.31. The van der Waals surface area contributed by atoms with Crippen molar-refractivity contribution in [2.45, 2.75) is 33.2 Å². The standard InChI is InChI=1S/C14H20ClN3O/c1-5-16-13(11-6-9(2)19-8-11)7-12-10(3)17-18(4)14(12)15/h6,8,13,16H,5,7H2,1-4H3. The van der Waals surface area contributed by atoms with Gasteiger partial charge in [-0.05, 0) is 32.9 Å². The first-order valence-corrected chi connectivity index (χ1v) is 6.87. The Morgan fingerprint density at radius 1 is 1.47 bits per heavy atom. The maximum Gasteiger partial charge on any atom is 0.130 e. The lowest BCUT2D eigenvalue weighted by Gasteiger charge is -2.16. The average molecular weight is 282 g/mol. The van der Waals surface area contributed by atoms with E-state index in [4.69, 9.17) is 16.0 Å². The molecule has 0 aliphatic carbocycles. The van der Waals surface area contributed by atoms with Gasteiger partial charge < -0.3 is 9.73 Å². The maximum atomic E-state index is 6.30. The SMILES string of the molecule is CCNC(Cc1c(C)nn(C)c1Cl)c1coc(C)c1. The lowest BCUT2D eigenvalue weighted by molar-refractivity contribution is 0.511. The minimum absolute atomic E-state index is 0.197. The highest BCUT2D eigenvalue weighted by Crippen LogP contribution is 2.26. The van der Waals surface area contributed by atoms with Crippen molar-refractivity contribution >= 4 is 11.6 Å². The van der Waals surface area contributed by atoms with Gasteiger partial charge in [-0.2, -0.15) is 5.10 Å². The third-order valence-electron chi connectivity index (χ3n) is 3.28. The van der Waals surface area contributed by atoms with Gasteiger partial charge in [-0.25, -0.2) is 0 Å². The molecule has 0 saturated carbocycles. The topological polar surface area (TPSA) is 43.0 Å². The Bertz CT molecular complexity index is 559. The second-order valence-corrected chi connectivity index (χ2v) is 5.14. The van der Waals surface area contributed by atoms with Gasteiger partial charge in [0.05, 0.1) is 12.0 Å². The average Bonchev–Trinajstić information content (AvgIpc) is 2.88. The highest BCUT2D eigenvalue weighted by atomic mass is 35.5. The fraction of sp³-hybridized carbons (Fsp3) is 0.500. The molecule has 0 aliphatic rings. The Morgan fingerprint density at radius 2 is 2.21 bits per heavy atom. The Labute approximate surface area is 118 Å². The first-order valence-electron chi connectivity index (χ1n) is 6.49. The fourth-order valence-corrected chi connectivity index (χ4v) is 2.56. The second kappa shape index (κ2) is 5.80. The lowest BCUT2D eigenvalue weighted by Crippen LogP contribution is -2.22. The summed E-state index contributed by atoms with van der Waals surface area (Å²) in [5.74, 6) is 0.923. The molecule has 2 rings (SSSR count). The van der Waals surface area contributed by atoms with E-state index >= 15 is 0 Å². The predicted octanol–water partition coefficient (Wildman–Crippen LogP) is 3.18. The Kier molecular flexibility index (Phi) is 4.32. The predicted molar refractivity (Wildman–Crippen MR) is 76.5 cm³/mol. The molecule has 5 heteroatoms. The normalized spacial score (nSPS) is 12.9. The van der Waals surface area contributed by atoms with Crippen LogP contribution in [0.1, 0.15) is 35.5 Å². The summed E-state index contributed by atoms with van der Waals surface area (Å²) in [5, 5.41) is 8.53. The molecule has 0 spiro atoms. The molecule has 19 heavy (non-hydrogen) atoms. The Balaban J connectivity index is 2.26. The maximum absolute atomic E-state index is 6.30. The molecule has 104 valence electrons. The van der Waals surface area contributed by atoms with Crippen LogP contribution in [-0.2, 0) is 13.5 Å². The minimum atomic E-state index is 0.197. The van der Waals surface area contributed by atoms with Gasteiger partial charge in [-0.3, -0.25) is 4.68 Å². The lowest BCUT2D eigenvalue weighted by atomic mass is 10.0. The number of rotatable bonds is 5. The van der Waals surface area contributed by atoms with Crippen molar-refractivity contribution in [3.8, 4) is 0 Å². The molecule has 4 nitrogen and oxygen atoms in total. The van der Waals surface area contributed by atoms with Crippen LogP contribution >= 0.6 is 11.6 Å². The van der Waals surface area contributed by atoms with Crippen molar-refractivity contribution in [2.75, 3.05) is 6.54 Å². The van der Waals surface area contributed by atoms with Crippen LogP contribution in [0, 0.1) is 13.8 Å². The van der Waals surface area contributed by atoms with Crippen LogP contribution in [0.15, 0.2) is 16.7 Å². The van der Waals surface area contributed by atoms with Crippen molar-refractivity contribution in [2.24, 2.45) is 7.05 Å². The number of nitrogens with one attached hydrogen (secondary N) is 1. The van der Waals surface area contributed by atoms with E-state index in [2.05, 4.69) is 23.4 Å². The molecule has 2 aromatic heterocycles. The van der Waals surface area contributed by atoms with Crippen molar-refractivity contribution < 1.29 is 4.42 Å². The number of nitrogens with zero attached hydrogens (tertiary/aromatic N) is 2. The van der Waals surface area contributed by atoms with Crippen molar-refractivity contribution in [3.63, 3.8) is 0 Å². The van der Waals surface area contributed by atoms with E-state index < -0.39 is 0 Å². The third kappa shape index (κ3) is 3.01. The number of halogens is 1. The van der Waals surface area contributed by atoms with Crippen molar-refractivity contribution in [1.82, 2.24) is 15.1 Å². The quantitative estimate of drug-likeness (QED) is 0.915. The minimum Gasteiger partial charge on any atom is -0.469 e. The highest BCUT2D eigenvalue weighted by molar-refractivity contribution is 6.30. The smallest absolute Gasteiger partial charge is 0.130 e. The summed E-state index contributed by atoms with van der Waals surface area (Å²) in [6.45, 7) is 6.93. The van der Waals surface area contributed by atoms with Crippen LogP contribution in [0.25, 0.3) is 0 Å². The molecule has 0 amide bonds. The van der Waals surface area contributed by atoms with Gasteiger partial charge >= 0.3 is 0 Å². The number of furan rings is 1. The van der Waals surface area contributed by atoms with Gasteiger partial charge in [0, 0.05) is 24.2 Å². The van der Waals surface area contributed by atoms with E-state index in [1.807, 2.05) is 27.2 Å². The van der Waals surface area contributed by atoms with E-state index in [0.717, 1.165) is 35.5 Å². The molecule has 0 aromatic carbocycles. The van der Waals surface area contributed by atoms with Gasteiger partial charge in [-0.1, -0.05) is 18.5 Å². The third-order valence-corrected chi connectivity index (χ3v) is 3.75. The van der Waals surface area contributed by atoms with Crippen LogP contribution in [0.2, 0.25) is 5.15 Å². The van der Waals surface area contributed by atoms with Gasteiger partial charge in [0.25, 0.3) is 0 Å². The van der Waals surface area contributed by atoms with E-state index in [1.165, 1.54) is 0 Å². The zero-order chi connectivity index (χ0) is 14.0. The van der Waals surface area contributed by atoms with E-state index in [-0.39, 0.29) is 6.04 Å². The molecule has 1 unspecified atom stereocenters. The van der Waals surface area contributed by atoms with Crippen molar-refractivity contribution in [1.29, 1.82) is 0 Å². The van der Waals surface area contributed by atoms with E-state index in [1.54, 1.807) is 4.68 Å². The van der Waals surface area contributed by atoms with E-state index in [9.17, 15) is 0 Å². The van der Waals surface area contributed by atoms with E-state index in [0.29, 0.717) is 5.15 Å². The van der Waals surface area contributed by atoms with Crippen LogP contribution in [0.3, 0.4) is 0 Å². The summed E-state index contributed by atoms with van der Waals surface area (Å²) < 4.78 is 7.12. The number of hydrogen-bond acceptors (Lipinski definition) is 3. The number of hydrogen-bond donors (Lipinski definition) is 1. The summed E-state index contributed by atoms with van der Waals surface area (Å²) in [4.78, 5) is 0. The molecule has 0 aliphatic heterocycles. The molecule has 2 heterocycles. The summed E-state index contributed by atoms with van der Waals surface area (Å²) in [6, 6.07) is 2.26. The van der Waals surface area contributed by atoms with Crippen LogP contribution < -0.4 is 5.32 Å². The molecule has 0 fully saturated rings. The molecule has 2 aromatic rings. The summed E-state index contributed by atoms with van der Waals surface area (Å²) in [6.07, 6.45) is 2.62. The van der Waals surface area contributed by atoms with Crippen LogP contribution in [0.5, 0.6) is 0 Å². The number of aryl methyl sites for hydroxylation is 3. The number of likely N-dealkylation sites (N-methyl/N-ethyl adjacent to an activating group) is 1. The molecule has 1 N–H and O–H groups in total. The van der Waals surface area contributed by atoms with Crippen LogP contribution in [0.4, 0.5) is 0 Å². The summed E-state index contributed by atoms with van der Waals surface area (Å²) >= 11 is 6.30. The zero-order valence-corrected chi connectivity index (χ0v) is 12.6. The molecular weight excluding hydrogens is 262 g/mol. The van der Waals surface area contributed by atoms with Gasteiger partial charge in [0.1, 0.15) is 10.9 Å². The second-order valence-electron chi connectivity index (χ2n) is 4.78. The molecule has 1 atom stereocenters.